The van der Waals surface area contributed by atoms with E-state index in [1.165, 1.54) is 5.56 Å². The maximum Gasteiger partial charge on any atom is 0.138 e. The molecule has 3 N–H and O–H groups in total. The number of hydrogen-bond donors (Lipinski definition) is 3. The molecule has 1 heterocycles. The predicted octanol–water partition coefficient (Wildman–Crippen LogP) is 4.36. The Balaban J connectivity index is 1.80. The van der Waals surface area contributed by atoms with Crippen molar-refractivity contribution >= 4 is 28.3 Å². The molecule has 0 radical (unpaired) electrons. The van der Waals surface area contributed by atoms with Crippen molar-refractivity contribution < 1.29 is 5.11 Å². The van der Waals surface area contributed by atoms with E-state index < -0.39 is 6.10 Å². The van der Waals surface area contributed by atoms with Crippen LogP contribution in [0.3, 0.4) is 0 Å². The second-order valence-electron chi connectivity index (χ2n) is 6.28. The monoisotopic (exact) mass is 343 g/mol. The summed E-state index contributed by atoms with van der Waals surface area (Å²) in [6.07, 6.45) is -0.545. The number of rotatable bonds is 6. The van der Waals surface area contributed by atoms with E-state index in [0.29, 0.717) is 12.5 Å². The van der Waals surface area contributed by atoms with E-state index in [1.807, 2.05) is 24.3 Å². The molecule has 1 unspecified atom stereocenters. The predicted molar refractivity (Wildman–Crippen MR) is 101 cm³/mol. The van der Waals surface area contributed by atoms with Gasteiger partial charge in [-0.1, -0.05) is 19.9 Å². The molecule has 4 nitrogen and oxygen atoms in total. The molecule has 0 saturated carbocycles. The Morgan fingerprint density at radius 3 is 2.58 bits per heavy atom. The van der Waals surface area contributed by atoms with E-state index in [-0.39, 0.29) is 5.88 Å². The number of alkyl halides is 1. The van der Waals surface area contributed by atoms with Gasteiger partial charge in [0.1, 0.15) is 5.82 Å². The van der Waals surface area contributed by atoms with Crippen LogP contribution in [0.4, 0.5) is 5.69 Å². The molecular weight excluding hydrogens is 322 g/mol. The number of nitrogens with one attached hydrogen (secondary N) is 2. The minimum Gasteiger partial charge on any atom is -0.390 e. The molecule has 5 heteroatoms. The number of fused-ring (bicyclic) bond motifs is 1. The largest absolute Gasteiger partial charge is 0.390 e. The summed E-state index contributed by atoms with van der Waals surface area (Å²) >= 11 is 5.59. The maximum absolute atomic E-state index is 9.48. The molecule has 1 atom stereocenters. The second kappa shape index (κ2) is 7.24. The highest BCUT2D eigenvalue weighted by molar-refractivity contribution is 6.18. The van der Waals surface area contributed by atoms with Gasteiger partial charge in [-0.05, 0) is 47.9 Å². The number of benzene rings is 2. The maximum atomic E-state index is 9.48. The van der Waals surface area contributed by atoms with Crippen LogP contribution in [0, 0.1) is 0 Å². The molecule has 3 aromatic rings. The van der Waals surface area contributed by atoms with E-state index in [1.54, 1.807) is 0 Å². The van der Waals surface area contributed by atoms with Crippen molar-refractivity contribution in [2.24, 2.45) is 0 Å². The van der Waals surface area contributed by atoms with Crippen molar-refractivity contribution in [2.45, 2.75) is 25.9 Å². The SMILES string of the molecule is CC(C)c1ccc2nc(-c3ccc(NCC(O)CCl)cc3)[nH]c2c1. The number of aliphatic hydroxyl groups excluding tert-OH is 1. The molecule has 0 saturated heterocycles. The molecule has 0 bridgehead atoms. The first kappa shape index (κ1) is 16.8. The van der Waals surface area contributed by atoms with Crippen molar-refractivity contribution in [3.8, 4) is 11.4 Å². The number of halogens is 1. The van der Waals surface area contributed by atoms with Crippen LogP contribution in [0.15, 0.2) is 42.5 Å². The molecule has 0 aliphatic rings. The first-order valence-corrected chi connectivity index (χ1v) is 8.68. The third-order valence-electron chi connectivity index (χ3n) is 4.05. The number of imidazole rings is 1. The van der Waals surface area contributed by atoms with E-state index in [0.717, 1.165) is 28.1 Å². The molecule has 24 heavy (non-hydrogen) atoms. The van der Waals surface area contributed by atoms with E-state index >= 15 is 0 Å². The number of nitrogens with zero attached hydrogens (tertiary/aromatic N) is 1. The van der Waals surface area contributed by atoms with Crippen LogP contribution >= 0.6 is 11.6 Å². The summed E-state index contributed by atoms with van der Waals surface area (Å²) in [5.74, 6) is 1.58. The Morgan fingerprint density at radius 1 is 1.17 bits per heavy atom. The summed E-state index contributed by atoms with van der Waals surface area (Å²) in [5.41, 5.74) is 5.31. The summed E-state index contributed by atoms with van der Waals surface area (Å²) in [5, 5.41) is 12.6. The minimum absolute atomic E-state index is 0.225. The number of aromatic amines is 1. The summed E-state index contributed by atoms with van der Waals surface area (Å²) in [7, 11) is 0. The highest BCUT2D eigenvalue weighted by Gasteiger charge is 2.08. The quantitative estimate of drug-likeness (QED) is 0.582. The van der Waals surface area contributed by atoms with Crippen LogP contribution in [0.1, 0.15) is 25.3 Å². The van der Waals surface area contributed by atoms with Crippen LogP contribution in [0.5, 0.6) is 0 Å². The van der Waals surface area contributed by atoms with Gasteiger partial charge in [-0.25, -0.2) is 4.98 Å². The fourth-order valence-electron chi connectivity index (χ4n) is 2.56. The van der Waals surface area contributed by atoms with Gasteiger partial charge in [0.15, 0.2) is 0 Å². The molecule has 126 valence electrons. The lowest BCUT2D eigenvalue weighted by molar-refractivity contribution is 0.211. The minimum atomic E-state index is -0.545. The zero-order valence-corrected chi connectivity index (χ0v) is 14.6. The van der Waals surface area contributed by atoms with Crippen LogP contribution in [0.2, 0.25) is 0 Å². The molecule has 0 fully saturated rings. The van der Waals surface area contributed by atoms with Crippen LogP contribution in [0.25, 0.3) is 22.4 Å². The van der Waals surface area contributed by atoms with Crippen molar-refractivity contribution in [1.29, 1.82) is 0 Å². The fraction of sp³-hybridized carbons (Fsp3) is 0.316. The van der Waals surface area contributed by atoms with Crippen LogP contribution in [-0.2, 0) is 0 Å². The van der Waals surface area contributed by atoms with Crippen molar-refractivity contribution in [3.05, 3.63) is 48.0 Å². The fourth-order valence-corrected chi connectivity index (χ4v) is 2.67. The number of anilines is 1. The topological polar surface area (TPSA) is 60.9 Å². The third-order valence-corrected chi connectivity index (χ3v) is 4.41. The van der Waals surface area contributed by atoms with Gasteiger partial charge in [0.05, 0.1) is 23.0 Å². The first-order valence-electron chi connectivity index (χ1n) is 8.15. The lowest BCUT2D eigenvalue weighted by atomic mass is 10.0. The zero-order chi connectivity index (χ0) is 17.1. The van der Waals surface area contributed by atoms with E-state index in [4.69, 9.17) is 11.6 Å². The summed E-state index contributed by atoms with van der Waals surface area (Å²) in [6, 6.07) is 14.3. The van der Waals surface area contributed by atoms with Crippen LogP contribution < -0.4 is 5.32 Å². The Morgan fingerprint density at radius 2 is 1.92 bits per heavy atom. The molecule has 0 aliphatic heterocycles. The van der Waals surface area contributed by atoms with Crippen molar-refractivity contribution in [1.82, 2.24) is 9.97 Å². The smallest absolute Gasteiger partial charge is 0.138 e. The van der Waals surface area contributed by atoms with Gasteiger partial charge in [0.2, 0.25) is 0 Å². The van der Waals surface area contributed by atoms with E-state index in [9.17, 15) is 5.11 Å². The molecule has 2 aromatic carbocycles. The second-order valence-corrected chi connectivity index (χ2v) is 6.59. The number of aromatic nitrogens is 2. The Labute approximate surface area is 146 Å². The number of H-pyrrole nitrogens is 1. The normalized spacial score (nSPS) is 12.7. The van der Waals surface area contributed by atoms with Crippen molar-refractivity contribution in [2.75, 3.05) is 17.7 Å². The lowest BCUT2D eigenvalue weighted by Crippen LogP contribution is -2.20. The van der Waals surface area contributed by atoms with Crippen LogP contribution in [-0.4, -0.2) is 33.6 Å². The molecule has 0 spiro atoms. The summed E-state index contributed by atoms with van der Waals surface area (Å²) in [6.45, 7) is 4.81. The highest BCUT2D eigenvalue weighted by atomic mass is 35.5. The summed E-state index contributed by atoms with van der Waals surface area (Å²) < 4.78 is 0. The molecule has 1 aromatic heterocycles. The molecule has 0 aliphatic carbocycles. The summed E-state index contributed by atoms with van der Waals surface area (Å²) in [4.78, 5) is 8.06. The van der Waals surface area contributed by atoms with Gasteiger partial charge in [-0.3, -0.25) is 0 Å². The average molecular weight is 344 g/mol. The Bertz CT molecular complexity index is 811. The molecular formula is C19H22ClN3O. The highest BCUT2D eigenvalue weighted by Crippen LogP contribution is 2.24. The van der Waals surface area contributed by atoms with Gasteiger partial charge in [0, 0.05) is 17.8 Å². The zero-order valence-electron chi connectivity index (χ0n) is 13.9. The van der Waals surface area contributed by atoms with Gasteiger partial charge in [-0.2, -0.15) is 0 Å². The first-order chi connectivity index (χ1) is 11.6. The number of hydrogen-bond acceptors (Lipinski definition) is 3. The molecule has 3 rings (SSSR count). The Kier molecular flexibility index (Phi) is 5.07. The van der Waals surface area contributed by atoms with Gasteiger partial charge >= 0.3 is 0 Å². The third kappa shape index (κ3) is 3.71. The number of aliphatic hydroxyl groups is 1. The Hall–Kier alpha value is -2.04. The van der Waals surface area contributed by atoms with Crippen molar-refractivity contribution in [3.63, 3.8) is 0 Å². The molecule has 0 amide bonds. The average Bonchev–Trinajstić information content (AvgIpc) is 3.03. The lowest BCUT2D eigenvalue weighted by Gasteiger charge is -2.10. The van der Waals surface area contributed by atoms with Gasteiger partial charge in [-0.15, -0.1) is 11.6 Å². The van der Waals surface area contributed by atoms with E-state index in [2.05, 4.69) is 47.3 Å². The van der Waals surface area contributed by atoms with Gasteiger partial charge in [0.25, 0.3) is 0 Å². The standard InChI is InChI=1S/C19H22ClN3O/c1-12(2)14-5-8-17-18(9-14)23-19(22-17)13-3-6-15(7-4-13)21-11-16(24)10-20/h3-9,12,16,21,24H,10-11H2,1-2H3,(H,22,23). The van der Waals surface area contributed by atoms with Gasteiger partial charge < -0.3 is 15.4 Å².